The van der Waals surface area contributed by atoms with Gasteiger partial charge in [-0.15, -0.1) is 0 Å². The minimum absolute atomic E-state index is 0.216. The third-order valence-electron chi connectivity index (χ3n) is 19.8. The molecule has 20 aromatic rings. The zero-order chi connectivity index (χ0) is 62.0. The van der Waals surface area contributed by atoms with Gasteiger partial charge in [-0.2, -0.15) is 0 Å². The first-order valence-electron chi connectivity index (χ1n) is 31.6. The smallest absolute Gasteiger partial charge is 0.234 e. The fraction of sp³-hybridized carbons (Fsp3) is 0. The van der Waals surface area contributed by atoms with Crippen molar-refractivity contribution in [1.29, 1.82) is 0 Å². The number of para-hydroxylation sites is 8. The van der Waals surface area contributed by atoms with Crippen LogP contribution in [0.25, 0.3) is 181 Å². The fourth-order valence-corrected chi connectivity index (χ4v) is 15.9. The molecule has 94 heavy (non-hydrogen) atoms. The topological polar surface area (TPSA) is 33.9 Å². The van der Waals surface area contributed by atoms with Gasteiger partial charge in [0.25, 0.3) is 0 Å². The number of hydrogen-bond donors (Lipinski definition) is 0. The predicted octanol–water partition coefficient (Wildman–Crippen LogP) is 22.8. The monoisotopic (exact) mass is 1210 g/mol. The van der Waals surface area contributed by atoms with Gasteiger partial charge in [-0.3, -0.25) is 0 Å². The lowest BCUT2D eigenvalue weighted by Crippen LogP contribution is -2.04. The highest BCUT2D eigenvalue weighted by molar-refractivity contribution is 6.18. The van der Waals surface area contributed by atoms with Crippen LogP contribution < -0.4 is 0 Å². The first kappa shape index (κ1) is 52.0. The van der Waals surface area contributed by atoms with Gasteiger partial charge in [0.1, 0.15) is 11.6 Å². The molecule has 0 N–H and O–H groups in total. The van der Waals surface area contributed by atoms with Gasteiger partial charge < -0.3 is 27.4 Å². The second-order valence-electron chi connectivity index (χ2n) is 24.5. The Morgan fingerprint density at radius 3 is 0.766 bits per heavy atom. The van der Waals surface area contributed by atoms with Crippen LogP contribution in [0.2, 0.25) is 0 Å². The van der Waals surface area contributed by atoms with Crippen LogP contribution in [0, 0.1) is 18.2 Å². The third-order valence-corrected chi connectivity index (χ3v) is 19.8. The summed E-state index contributed by atoms with van der Waals surface area (Å²) in [5.74, 6) is -1.47. The summed E-state index contributed by atoms with van der Waals surface area (Å²) >= 11 is 0. The van der Waals surface area contributed by atoms with Crippen molar-refractivity contribution in [1.82, 2.24) is 27.4 Å². The summed E-state index contributed by atoms with van der Waals surface area (Å²) in [7, 11) is 0. The molecule has 9 heteroatoms. The standard InChI is InChI=1S/C85H49F2N7/c1-88-84-82(93-78-42-37-51(89-70-29-10-2-19-55(70)56-20-3-11-30-71(56)89)47-64(78)65-48-52(38-43-79(65)93)90-72-31-12-4-21-57(72)58-22-5-13-32-73(58)90)46-41-63(83-68(86)27-18-28-69(83)87)85(84)94-80-44-39-53(91-74-33-14-6-23-59(74)60-24-7-15-34-75(60)91)49-66(80)67-50-54(40-45-81(67)94)92-76-35-16-8-25-61(76)62-26-9-17-36-77(62)92/h2-50H. The minimum atomic E-state index is -0.736. The van der Waals surface area contributed by atoms with E-state index in [1.165, 1.54) is 18.2 Å². The SMILES string of the molecule is [C-]#[N+]c1c(-n2c3ccc(-n4c5ccccc5c5ccccc54)cc3c3cc(-n4c5ccccc5c5ccccc54)ccc32)ccc(-c2c(F)cccc2F)c1-n1c2ccc(-n3c4ccccc4c4ccccc43)cc2c2cc(-n3c4ccccc4c4ccccc43)ccc21. The van der Waals surface area contributed by atoms with Crippen molar-refractivity contribution in [2.24, 2.45) is 0 Å². The largest absolute Gasteiger partial charge is 0.319 e. The lowest BCUT2D eigenvalue weighted by molar-refractivity contribution is 0.589. The Kier molecular flexibility index (Phi) is 10.9. The Hall–Kier alpha value is -12.8. The van der Waals surface area contributed by atoms with Crippen LogP contribution in [0.3, 0.4) is 0 Å². The number of rotatable bonds is 7. The molecule has 0 radical (unpaired) electrons. The maximum atomic E-state index is 17.1. The Morgan fingerprint density at radius 1 is 0.234 bits per heavy atom. The summed E-state index contributed by atoms with van der Waals surface area (Å²) in [6.45, 7) is 9.66. The van der Waals surface area contributed by atoms with Crippen LogP contribution in [0.4, 0.5) is 14.5 Å². The molecule has 0 aliphatic heterocycles. The van der Waals surface area contributed by atoms with Gasteiger partial charge in [-0.05, 0) is 140 Å². The molecule has 14 aromatic carbocycles. The molecule has 0 saturated heterocycles. The van der Waals surface area contributed by atoms with Crippen LogP contribution in [0.5, 0.6) is 0 Å². The normalized spacial score (nSPS) is 12.1. The molecule has 438 valence electrons. The van der Waals surface area contributed by atoms with Crippen LogP contribution in [0.1, 0.15) is 0 Å². The number of fused-ring (bicyclic) bond motifs is 18. The average molecular weight is 1210 g/mol. The van der Waals surface area contributed by atoms with Crippen LogP contribution >= 0.6 is 0 Å². The Morgan fingerprint density at radius 2 is 0.489 bits per heavy atom. The van der Waals surface area contributed by atoms with Gasteiger partial charge in [-0.25, -0.2) is 13.6 Å². The summed E-state index contributed by atoms with van der Waals surface area (Å²) in [5.41, 5.74) is 16.8. The van der Waals surface area contributed by atoms with E-state index >= 15 is 8.78 Å². The van der Waals surface area contributed by atoms with E-state index in [1.807, 2.05) is 12.1 Å². The van der Waals surface area contributed by atoms with Crippen molar-refractivity contribution in [2.45, 2.75) is 0 Å². The van der Waals surface area contributed by atoms with Gasteiger partial charge in [0.2, 0.25) is 5.69 Å². The molecule has 0 unspecified atom stereocenters. The highest BCUT2D eigenvalue weighted by atomic mass is 19.1. The molecule has 0 atom stereocenters. The number of benzene rings is 14. The lowest BCUT2D eigenvalue weighted by atomic mass is 9.99. The molecule has 0 saturated carbocycles. The number of hydrogen-bond acceptors (Lipinski definition) is 0. The second-order valence-corrected chi connectivity index (χ2v) is 24.5. The highest BCUT2D eigenvalue weighted by Crippen LogP contribution is 2.49. The third kappa shape index (κ3) is 7.16. The molecule has 20 rings (SSSR count). The van der Waals surface area contributed by atoms with Crippen LogP contribution in [0.15, 0.2) is 297 Å². The van der Waals surface area contributed by atoms with Crippen molar-refractivity contribution >= 4 is 137 Å². The molecular weight excluding hydrogens is 1160 g/mol. The van der Waals surface area contributed by atoms with Gasteiger partial charge in [0.05, 0.1) is 89.7 Å². The van der Waals surface area contributed by atoms with E-state index in [-0.39, 0.29) is 16.8 Å². The first-order chi connectivity index (χ1) is 46.5. The molecule has 0 fully saturated rings. The first-order valence-corrected chi connectivity index (χ1v) is 31.6. The van der Waals surface area contributed by atoms with Gasteiger partial charge >= 0.3 is 0 Å². The van der Waals surface area contributed by atoms with E-state index in [9.17, 15) is 6.57 Å². The van der Waals surface area contributed by atoms with E-state index in [0.717, 1.165) is 154 Å². The maximum absolute atomic E-state index is 17.1. The highest BCUT2D eigenvalue weighted by Gasteiger charge is 2.29. The van der Waals surface area contributed by atoms with Gasteiger partial charge in [0, 0.05) is 92.9 Å². The summed E-state index contributed by atoms with van der Waals surface area (Å²) in [6, 6.07) is 102. The average Bonchev–Trinajstić information content (AvgIpc) is 1.54. The summed E-state index contributed by atoms with van der Waals surface area (Å²) < 4.78 is 47.8. The summed E-state index contributed by atoms with van der Waals surface area (Å²) in [6.07, 6.45) is 0. The lowest BCUT2D eigenvalue weighted by Gasteiger charge is -2.21. The van der Waals surface area contributed by atoms with Crippen molar-refractivity contribution in [3.05, 3.63) is 320 Å². The molecular formula is C85H49F2N7. The van der Waals surface area contributed by atoms with Gasteiger partial charge in [0.15, 0.2) is 0 Å². The number of nitrogens with zero attached hydrogens (tertiary/aromatic N) is 7. The number of halogens is 2. The van der Waals surface area contributed by atoms with E-state index in [4.69, 9.17) is 0 Å². The zero-order valence-electron chi connectivity index (χ0n) is 50.2. The van der Waals surface area contributed by atoms with Crippen molar-refractivity contribution < 1.29 is 8.78 Å². The predicted molar refractivity (Wildman–Crippen MR) is 384 cm³/mol. The maximum Gasteiger partial charge on any atom is 0.234 e. The summed E-state index contributed by atoms with van der Waals surface area (Å²) in [5, 5.41) is 12.9. The molecule has 7 nitrogen and oxygen atoms in total. The van der Waals surface area contributed by atoms with Gasteiger partial charge in [-0.1, -0.05) is 158 Å². The minimum Gasteiger partial charge on any atom is -0.319 e. The molecule has 0 aliphatic rings. The fourth-order valence-electron chi connectivity index (χ4n) is 15.9. The van der Waals surface area contributed by atoms with E-state index in [0.29, 0.717) is 11.4 Å². The number of aromatic nitrogens is 6. The Bertz CT molecular complexity index is 6160. The van der Waals surface area contributed by atoms with E-state index in [1.54, 1.807) is 0 Å². The Balaban J connectivity index is 0.901. The quantitative estimate of drug-likeness (QED) is 0.143. The van der Waals surface area contributed by atoms with E-state index < -0.39 is 11.6 Å². The Labute approximate surface area is 535 Å². The zero-order valence-corrected chi connectivity index (χ0v) is 50.2. The second kappa shape index (κ2) is 19.6. The molecule has 6 heterocycles. The summed E-state index contributed by atoms with van der Waals surface area (Å²) in [4.78, 5) is 4.61. The van der Waals surface area contributed by atoms with Crippen molar-refractivity contribution in [3.8, 4) is 45.3 Å². The molecule has 0 amide bonds. The van der Waals surface area contributed by atoms with E-state index in [2.05, 4.69) is 299 Å². The molecule has 0 aliphatic carbocycles. The molecule has 0 spiro atoms. The van der Waals surface area contributed by atoms with Crippen LogP contribution in [-0.4, -0.2) is 27.4 Å². The molecule has 6 aromatic heterocycles. The van der Waals surface area contributed by atoms with Crippen molar-refractivity contribution in [3.63, 3.8) is 0 Å². The van der Waals surface area contributed by atoms with Crippen molar-refractivity contribution in [2.75, 3.05) is 0 Å². The van der Waals surface area contributed by atoms with Crippen LogP contribution in [-0.2, 0) is 0 Å². The molecule has 0 bridgehead atoms.